The van der Waals surface area contributed by atoms with E-state index in [0.29, 0.717) is 26.5 Å². The maximum atomic E-state index is 12.0. The first-order valence-electron chi connectivity index (χ1n) is 7.07. The summed E-state index contributed by atoms with van der Waals surface area (Å²) in [7, 11) is 0. The summed E-state index contributed by atoms with van der Waals surface area (Å²) in [4.78, 5) is 28.2. The predicted octanol–water partition coefficient (Wildman–Crippen LogP) is 4.70. The summed E-state index contributed by atoms with van der Waals surface area (Å²) in [5.41, 5.74) is 2.33. The van der Waals surface area contributed by atoms with Crippen LogP contribution in [0.4, 0.5) is 5.13 Å². The molecule has 0 bridgehead atoms. The fourth-order valence-corrected chi connectivity index (χ4v) is 3.65. The summed E-state index contributed by atoms with van der Waals surface area (Å²) in [5, 5.41) is 3.68. The maximum absolute atomic E-state index is 12.0. The quantitative estimate of drug-likeness (QED) is 0.696. The minimum atomic E-state index is -0.351. The van der Waals surface area contributed by atoms with Crippen LogP contribution in [0.1, 0.15) is 33.4 Å². The number of carbonyl (C=O) groups excluding carboxylic acids is 2. The Hall–Kier alpha value is -1.44. The number of hydrogen-bond donors (Lipinski definition) is 1. The molecule has 0 atom stereocenters. The summed E-state index contributed by atoms with van der Waals surface area (Å²) in [6.07, 6.45) is 0. The highest BCUT2D eigenvalue weighted by Crippen LogP contribution is 2.35. The Morgan fingerprint density at radius 3 is 2.62 bits per heavy atom. The van der Waals surface area contributed by atoms with Crippen molar-refractivity contribution in [1.82, 2.24) is 4.98 Å². The molecule has 0 aliphatic rings. The lowest BCUT2D eigenvalue weighted by atomic mass is 10.1. The summed E-state index contributed by atoms with van der Waals surface area (Å²) < 4.78 is 6.28. The van der Waals surface area contributed by atoms with Gasteiger partial charge in [0.15, 0.2) is 17.5 Å². The lowest BCUT2D eigenvalue weighted by Crippen LogP contribution is -2.20. The molecule has 0 fully saturated rings. The van der Waals surface area contributed by atoms with Crippen molar-refractivity contribution in [1.29, 1.82) is 0 Å². The van der Waals surface area contributed by atoms with Crippen molar-refractivity contribution in [3.8, 4) is 5.75 Å². The van der Waals surface area contributed by atoms with E-state index in [1.165, 1.54) is 6.92 Å². The molecule has 1 N–H and O–H groups in total. The minimum absolute atomic E-state index is 0.0715. The first kappa shape index (κ1) is 18.9. The Kier molecular flexibility index (Phi) is 6.01. The molecule has 5 nitrogen and oxygen atoms in total. The van der Waals surface area contributed by atoms with Crippen molar-refractivity contribution in [3.05, 3.63) is 37.3 Å². The van der Waals surface area contributed by atoms with Gasteiger partial charge >= 0.3 is 0 Å². The molecule has 0 spiro atoms. The third-order valence-corrected chi connectivity index (χ3v) is 6.03. The van der Waals surface area contributed by atoms with Gasteiger partial charge in [-0.1, -0.05) is 22.9 Å². The number of rotatable bonds is 5. The van der Waals surface area contributed by atoms with Crippen LogP contribution in [0.2, 0.25) is 5.02 Å². The number of thiazole rings is 1. The molecule has 0 unspecified atom stereocenters. The zero-order valence-corrected chi connectivity index (χ0v) is 16.8. The fraction of sp³-hybridized carbons (Fsp3) is 0.312. The molecule has 0 saturated carbocycles. The van der Waals surface area contributed by atoms with Crippen LogP contribution < -0.4 is 10.1 Å². The molecule has 8 heteroatoms. The van der Waals surface area contributed by atoms with Crippen molar-refractivity contribution in [2.75, 3.05) is 11.9 Å². The summed E-state index contributed by atoms with van der Waals surface area (Å²) in [5.74, 6) is 0.123. The van der Waals surface area contributed by atoms with Gasteiger partial charge in [0.1, 0.15) is 5.75 Å². The molecule has 128 valence electrons. The van der Waals surface area contributed by atoms with Crippen molar-refractivity contribution >= 4 is 55.7 Å². The average Bonchev–Trinajstić information content (AvgIpc) is 2.88. The second-order valence-corrected chi connectivity index (χ2v) is 7.44. The first-order valence-corrected chi connectivity index (χ1v) is 9.05. The largest absolute Gasteiger partial charge is 0.483 e. The lowest BCUT2D eigenvalue weighted by Gasteiger charge is -2.12. The van der Waals surface area contributed by atoms with Gasteiger partial charge in [-0.15, -0.1) is 0 Å². The molecule has 1 heterocycles. The number of ether oxygens (including phenoxy) is 1. The molecule has 0 saturated heterocycles. The summed E-state index contributed by atoms with van der Waals surface area (Å²) in [6.45, 7) is 6.77. The van der Waals surface area contributed by atoms with Crippen molar-refractivity contribution in [2.45, 2.75) is 27.7 Å². The third kappa shape index (κ3) is 4.15. The molecule has 1 amide bonds. The molecule has 24 heavy (non-hydrogen) atoms. The number of halogens is 2. The van der Waals surface area contributed by atoms with E-state index >= 15 is 0 Å². The molecular formula is C16H16BrClN2O3S. The molecule has 2 aromatic rings. The third-order valence-electron chi connectivity index (χ3n) is 3.29. The lowest BCUT2D eigenvalue weighted by molar-refractivity contribution is -0.118. The zero-order valence-electron chi connectivity index (χ0n) is 13.6. The van der Waals surface area contributed by atoms with E-state index in [-0.39, 0.29) is 18.3 Å². The van der Waals surface area contributed by atoms with Gasteiger partial charge in [-0.2, -0.15) is 0 Å². The van der Waals surface area contributed by atoms with Gasteiger partial charge in [-0.05, 0) is 53.9 Å². The smallest absolute Gasteiger partial charge is 0.264 e. The minimum Gasteiger partial charge on any atom is -0.483 e. The number of ketones is 1. The number of hydrogen-bond acceptors (Lipinski definition) is 5. The first-order chi connectivity index (χ1) is 11.2. The van der Waals surface area contributed by atoms with Crippen LogP contribution in [0.25, 0.3) is 0 Å². The van der Waals surface area contributed by atoms with Crippen LogP contribution in [0.15, 0.2) is 10.5 Å². The monoisotopic (exact) mass is 430 g/mol. The van der Waals surface area contributed by atoms with Gasteiger partial charge in [-0.3, -0.25) is 14.9 Å². The van der Waals surface area contributed by atoms with Crippen LogP contribution >= 0.6 is 38.9 Å². The molecule has 1 aromatic heterocycles. The number of amides is 1. The van der Waals surface area contributed by atoms with E-state index in [0.717, 1.165) is 26.9 Å². The van der Waals surface area contributed by atoms with Gasteiger partial charge in [-0.25, -0.2) is 4.98 Å². The van der Waals surface area contributed by atoms with Crippen LogP contribution in [0.5, 0.6) is 5.75 Å². The Morgan fingerprint density at radius 2 is 2.04 bits per heavy atom. The van der Waals surface area contributed by atoms with Gasteiger partial charge < -0.3 is 4.74 Å². The Labute approximate surface area is 157 Å². The van der Waals surface area contributed by atoms with Crippen LogP contribution in [0, 0.1) is 20.8 Å². The average molecular weight is 432 g/mol. The van der Waals surface area contributed by atoms with E-state index in [1.54, 1.807) is 13.0 Å². The van der Waals surface area contributed by atoms with Crippen LogP contribution in [0.3, 0.4) is 0 Å². The topological polar surface area (TPSA) is 68.3 Å². The Bertz CT molecular complexity index is 820. The highest BCUT2D eigenvalue weighted by molar-refractivity contribution is 9.10. The number of carbonyl (C=O) groups is 2. The van der Waals surface area contributed by atoms with E-state index in [1.807, 2.05) is 13.8 Å². The highest BCUT2D eigenvalue weighted by atomic mass is 79.9. The Balaban J connectivity index is 2.04. The van der Waals surface area contributed by atoms with Gasteiger partial charge in [0, 0.05) is 11.9 Å². The van der Waals surface area contributed by atoms with Crippen molar-refractivity contribution in [3.63, 3.8) is 0 Å². The summed E-state index contributed by atoms with van der Waals surface area (Å²) >= 11 is 10.7. The van der Waals surface area contributed by atoms with Gasteiger partial charge in [0.2, 0.25) is 0 Å². The summed E-state index contributed by atoms with van der Waals surface area (Å²) in [6, 6.07) is 1.77. The Morgan fingerprint density at radius 1 is 1.38 bits per heavy atom. The number of anilines is 1. The van der Waals surface area contributed by atoms with E-state index in [9.17, 15) is 9.59 Å². The second-order valence-electron chi connectivity index (χ2n) is 5.27. The van der Waals surface area contributed by atoms with E-state index in [4.69, 9.17) is 16.3 Å². The molecule has 0 radical (unpaired) electrons. The van der Waals surface area contributed by atoms with Crippen molar-refractivity contribution < 1.29 is 14.3 Å². The number of nitrogens with one attached hydrogen (secondary N) is 1. The molecule has 1 aromatic carbocycles. The van der Waals surface area contributed by atoms with Gasteiger partial charge in [0.25, 0.3) is 5.91 Å². The van der Waals surface area contributed by atoms with Crippen molar-refractivity contribution in [2.24, 2.45) is 0 Å². The number of aromatic nitrogens is 1. The van der Waals surface area contributed by atoms with E-state index in [2.05, 4.69) is 26.2 Å². The molecular weight excluding hydrogens is 416 g/mol. The predicted molar refractivity (Wildman–Crippen MR) is 99.6 cm³/mol. The number of nitrogens with zero attached hydrogens (tertiary/aromatic N) is 1. The standard InChI is InChI=1S/C16H16BrClN2O3S/c1-7-5-11(13(17)8(2)14(7)18)23-6-12(22)20-16-19-9(3)15(24-16)10(4)21/h5H,6H2,1-4H3,(H,19,20,22). The fourth-order valence-electron chi connectivity index (χ4n) is 2.08. The number of Topliss-reactive ketones (excluding diaryl/α,β-unsaturated/α-hetero) is 1. The SMILES string of the molecule is CC(=O)c1sc(NC(=O)COc2cc(C)c(Cl)c(C)c2Br)nc1C. The van der Waals surface area contributed by atoms with Gasteiger partial charge in [0.05, 0.1) is 15.0 Å². The molecule has 0 aliphatic heterocycles. The van der Waals surface area contributed by atoms with Crippen LogP contribution in [-0.2, 0) is 4.79 Å². The molecule has 0 aliphatic carbocycles. The highest BCUT2D eigenvalue weighted by Gasteiger charge is 2.15. The second kappa shape index (κ2) is 7.63. The van der Waals surface area contributed by atoms with Crippen LogP contribution in [-0.4, -0.2) is 23.3 Å². The normalized spacial score (nSPS) is 10.6. The number of benzene rings is 1. The maximum Gasteiger partial charge on any atom is 0.264 e. The zero-order chi connectivity index (χ0) is 18.0. The molecule has 2 rings (SSSR count). The number of aryl methyl sites for hydroxylation is 2. The van der Waals surface area contributed by atoms with E-state index < -0.39 is 0 Å².